The molecule has 0 bridgehead atoms. The van der Waals surface area contributed by atoms with Crippen LogP contribution in [0.2, 0.25) is 0 Å². The number of fused-ring (bicyclic) bond motifs is 1. The minimum Gasteiger partial charge on any atom is -0.399 e. The average Bonchev–Trinajstić information content (AvgIpc) is 2.82. The predicted octanol–water partition coefficient (Wildman–Crippen LogP) is 2.66. The Morgan fingerprint density at radius 3 is 3.00 bits per heavy atom. The molecule has 4 nitrogen and oxygen atoms in total. The highest BCUT2D eigenvalue weighted by atomic mass is 32.1. The Bertz CT molecular complexity index is 687. The number of hydrogen-bond acceptors (Lipinski definition) is 5. The summed E-state index contributed by atoms with van der Waals surface area (Å²) in [5, 5.41) is 4.11. The third kappa shape index (κ3) is 2.43. The van der Waals surface area contributed by atoms with Crippen molar-refractivity contribution in [2.75, 3.05) is 12.8 Å². The fraction of sp³-hybridized carbons (Fsp3) is 0.143. The van der Waals surface area contributed by atoms with Gasteiger partial charge in [-0.15, -0.1) is 11.3 Å². The molecule has 0 fully saturated rings. The second-order valence-electron chi connectivity index (χ2n) is 4.36. The second kappa shape index (κ2) is 4.95. The van der Waals surface area contributed by atoms with Gasteiger partial charge in [0, 0.05) is 30.2 Å². The summed E-state index contributed by atoms with van der Waals surface area (Å²) in [6.45, 7) is 0.796. The maximum Gasteiger partial charge on any atom is 0.124 e. The molecule has 0 amide bonds. The average molecular weight is 270 g/mol. The summed E-state index contributed by atoms with van der Waals surface area (Å²) < 4.78 is 1.09. The van der Waals surface area contributed by atoms with Crippen molar-refractivity contribution in [2.24, 2.45) is 0 Å². The number of benzene rings is 1. The monoisotopic (exact) mass is 270 g/mol. The summed E-state index contributed by atoms with van der Waals surface area (Å²) in [5.41, 5.74) is 9.92. The first kappa shape index (κ1) is 12.1. The fourth-order valence-electron chi connectivity index (χ4n) is 2.05. The van der Waals surface area contributed by atoms with E-state index in [1.807, 2.05) is 31.4 Å². The molecule has 3 aromatic rings. The molecule has 2 aromatic heterocycles. The standard InChI is InChI=1S/C14H14N4S/c1-16-7-9-4-10(6-11(15)5-9)14-18-12-2-3-17-8-13(12)19-14/h2-6,8,16H,7,15H2,1H3. The number of nitrogens with two attached hydrogens (primary N) is 1. The molecule has 0 aliphatic rings. The molecule has 0 atom stereocenters. The van der Waals surface area contributed by atoms with E-state index < -0.39 is 0 Å². The summed E-state index contributed by atoms with van der Waals surface area (Å²) in [4.78, 5) is 8.75. The zero-order valence-electron chi connectivity index (χ0n) is 10.6. The lowest BCUT2D eigenvalue weighted by molar-refractivity contribution is 0.818. The predicted molar refractivity (Wildman–Crippen MR) is 80.0 cm³/mol. The highest BCUT2D eigenvalue weighted by molar-refractivity contribution is 7.21. The minimum atomic E-state index is 0.764. The highest BCUT2D eigenvalue weighted by Gasteiger charge is 2.08. The largest absolute Gasteiger partial charge is 0.399 e. The van der Waals surface area contributed by atoms with Gasteiger partial charge in [0.1, 0.15) is 5.01 Å². The highest BCUT2D eigenvalue weighted by Crippen LogP contribution is 2.31. The van der Waals surface area contributed by atoms with E-state index in [1.54, 1.807) is 17.5 Å². The van der Waals surface area contributed by atoms with Crippen LogP contribution in [-0.2, 0) is 6.54 Å². The Morgan fingerprint density at radius 2 is 2.21 bits per heavy atom. The molecule has 96 valence electrons. The van der Waals surface area contributed by atoms with E-state index in [4.69, 9.17) is 5.73 Å². The van der Waals surface area contributed by atoms with Crippen molar-refractivity contribution in [2.45, 2.75) is 6.54 Å². The lowest BCUT2D eigenvalue weighted by atomic mass is 10.1. The molecule has 3 rings (SSSR count). The zero-order valence-corrected chi connectivity index (χ0v) is 11.4. The van der Waals surface area contributed by atoms with Crippen LogP contribution in [0.25, 0.3) is 20.8 Å². The third-order valence-electron chi connectivity index (χ3n) is 2.83. The van der Waals surface area contributed by atoms with E-state index in [0.29, 0.717) is 0 Å². The van der Waals surface area contributed by atoms with E-state index in [0.717, 1.165) is 38.6 Å². The maximum absolute atomic E-state index is 5.96. The molecule has 0 spiro atoms. The Labute approximate surface area is 115 Å². The van der Waals surface area contributed by atoms with E-state index in [1.165, 1.54) is 0 Å². The minimum absolute atomic E-state index is 0.764. The zero-order chi connectivity index (χ0) is 13.2. The number of pyridine rings is 1. The van der Waals surface area contributed by atoms with Gasteiger partial charge < -0.3 is 11.1 Å². The van der Waals surface area contributed by atoms with Crippen LogP contribution in [0.4, 0.5) is 5.69 Å². The second-order valence-corrected chi connectivity index (χ2v) is 5.39. The number of nitrogens with zero attached hydrogens (tertiary/aromatic N) is 2. The van der Waals surface area contributed by atoms with Crippen LogP contribution >= 0.6 is 11.3 Å². The quantitative estimate of drug-likeness (QED) is 0.718. The first-order valence-electron chi connectivity index (χ1n) is 6.01. The first-order valence-corrected chi connectivity index (χ1v) is 6.83. The van der Waals surface area contributed by atoms with Crippen molar-refractivity contribution < 1.29 is 0 Å². The van der Waals surface area contributed by atoms with Gasteiger partial charge in [-0.25, -0.2) is 4.98 Å². The van der Waals surface area contributed by atoms with Crippen LogP contribution in [0.5, 0.6) is 0 Å². The van der Waals surface area contributed by atoms with Crippen LogP contribution in [0.15, 0.2) is 36.7 Å². The van der Waals surface area contributed by atoms with Crippen molar-refractivity contribution in [1.29, 1.82) is 0 Å². The van der Waals surface area contributed by atoms with E-state index in [2.05, 4.69) is 21.4 Å². The summed E-state index contributed by atoms with van der Waals surface area (Å²) >= 11 is 1.64. The Hall–Kier alpha value is -1.98. The van der Waals surface area contributed by atoms with Crippen LogP contribution in [-0.4, -0.2) is 17.0 Å². The molecule has 0 saturated heterocycles. The number of rotatable bonds is 3. The van der Waals surface area contributed by atoms with Crippen molar-refractivity contribution in [3.8, 4) is 10.6 Å². The fourth-order valence-corrected chi connectivity index (χ4v) is 2.97. The smallest absolute Gasteiger partial charge is 0.124 e. The maximum atomic E-state index is 5.96. The van der Waals surface area contributed by atoms with Gasteiger partial charge in [0.2, 0.25) is 0 Å². The number of nitrogen functional groups attached to an aromatic ring is 1. The summed E-state index contributed by atoms with van der Waals surface area (Å²) in [6, 6.07) is 7.99. The Kier molecular flexibility index (Phi) is 3.15. The molecule has 5 heteroatoms. The van der Waals surface area contributed by atoms with Crippen LogP contribution in [0, 0.1) is 0 Å². The van der Waals surface area contributed by atoms with E-state index in [9.17, 15) is 0 Å². The molecule has 2 heterocycles. The van der Waals surface area contributed by atoms with Crippen molar-refractivity contribution in [3.05, 3.63) is 42.2 Å². The topological polar surface area (TPSA) is 63.8 Å². The van der Waals surface area contributed by atoms with Gasteiger partial charge in [-0.3, -0.25) is 4.98 Å². The number of aromatic nitrogens is 2. The summed E-state index contributed by atoms with van der Waals surface area (Å²) in [7, 11) is 1.92. The number of nitrogens with one attached hydrogen (secondary N) is 1. The number of hydrogen-bond donors (Lipinski definition) is 2. The molecule has 3 N–H and O–H groups in total. The van der Waals surface area contributed by atoms with Crippen LogP contribution in [0.3, 0.4) is 0 Å². The van der Waals surface area contributed by atoms with Crippen molar-refractivity contribution in [1.82, 2.24) is 15.3 Å². The molecular weight excluding hydrogens is 256 g/mol. The molecule has 0 saturated carbocycles. The van der Waals surface area contributed by atoms with Gasteiger partial charge in [-0.2, -0.15) is 0 Å². The first-order chi connectivity index (χ1) is 9.26. The SMILES string of the molecule is CNCc1cc(N)cc(-c2nc3ccncc3s2)c1. The third-order valence-corrected chi connectivity index (χ3v) is 3.89. The van der Waals surface area contributed by atoms with Crippen molar-refractivity contribution >= 4 is 27.2 Å². The number of anilines is 1. The van der Waals surface area contributed by atoms with Gasteiger partial charge in [0.05, 0.1) is 10.2 Å². The summed E-state index contributed by atoms with van der Waals surface area (Å²) in [6.07, 6.45) is 3.61. The molecule has 1 aromatic carbocycles. The molecule has 19 heavy (non-hydrogen) atoms. The molecule has 0 unspecified atom stereocenters. The van der Waals surface area contributed by atoms with Gasteiger partial charge in [0.15, 0.2) is 0 Å². The molecule has 0 aliphatic heterocycles. The Morgan fingerprint density at radius 1 is 1.32 bits per heavy atom. The van der Waals surface area contributed by atoms with Crippen LogP contribution < -0.4 is 11.1 Å². The van der Waals surface area contributed by atoms with Gasteiger partial charge in [0.25, 0.3) is 0 Å². The van der Waals surface area contributed by atoms with Gasteiger partial charge in [-0.05, 0) is 36.9 Å². The molecular formula is C14H14N4S. The summed E-state index contributed by atoms with van der Waals surface area (Å²) in [5.74, 6) is 0. The van der Waals surface area contributed by atoms with Crippen molar-refractivity contribution in [3.63, 3.8) is 0 Å². The Balaban J connectivity index is 2.09. The normalized spacial score (nSPS) is 11.0. The van der Waals surface area contributed by atoms with E-state index in [-0.39, 0.29) is 0 Å². The lowest BCUT2D eigenvalue weighted by Crippen LogP contribution is -2.05. The van der Waals surface area contributed by atoms with Gasteiger partial charge in [-0.1, -0.05) is 0 Å². The van der Waals surface area contributed by atoms with E-state index >= 15 is 0 Å². The van der Waals surface area contributed by atoms with Crippen LogP contribution in [0.1, 0.15) is 5.56 Å². The number of thiazole rings is 1. The molecule has 0 radical (unpaired) electrons. The molecule has 0 aliphatic carbocycles. The van der Waals surface area contributed by atoms with Gasteiger partial charge >= 0.3 is 0 Å². The lowest BCUT2D eigenvalue weighted by Gasteiger charge is -2.05.